The number of hydrogen-bond acceptors (Lipinski definition) is 6. The van der Waals surface area contributed by atoms with Gasteiger partial charge in [-0.2, -0.15) is 0 Å². The van der Waals surface area contributed by atoms with Crippen LogP contribution in [-0.2, 0) is 23.9 Å². The van der Waals surface area contributed by atoms with Gasteiger partial charge < -0.3 is 24.4 Å². The number of carbonyl (C=O) groups excluding carboxylic acids is 3. The van der Waals surface area contributed by atoms with E-state index in [-0.39, 0.29) is 30.4 Å². The smallest absolute Gasteiger partial charge is 0.313 e. The Kier molecular flexibility index (Phi) is 7.17. The normalized spacial score (nSPS) is 36.4. The summed E-state index contributed by atoms with van der Waals surface area (Å²) in [6.45, 7) is 14.4. The average Bonchev–Trinajstić information content (AvgIpc) is 3.11. The van der Waals surface area contributed by atoms with E-state index in [1.54, 1.807) is 6.92 Å². The van der Waals surface area contributed by atoms with Gasteiger partial charge in [0.25, 0.3) is 0 Å². The number of carbonyl (C=O) groups is 3. The van der Waals surface area contributed by atoms with Gasteiger partial charge in [0.2, 0.25) is 11.8 Å². The molecule has 8 nitrogen and oxygen atoms in total. The van der Waals surface area contributed by atoms with Gasteiger partial charge in [-0.3, -0.25) is 14.4 Å². The standard InChI is InChI=1S/C29H44N2O6/c1-19(17-32)31-22-24(34)30(27(5,6)18-26(2,3)4)15-12-14-29(22)20(23(31)33)21-25(35)36-16-11-9-8-10-13-28(21,7)37-29/h10,12-14,19-22,32H,8-9,11,15-18H2,1-7H3/b13-10-/t19-,20+,21+,22?,28-,29+/m1/s1. The van der Waals surface area contributed by atoms with E-state index in [0.29, 0.717) is 6.54 Å². The third-order valence-corrected chi connectivity index (χ3v) is 8.37. The minimum atomic E-state index is -1.35. The molecular formula is C29H44N2O6. The highest BCUT2D eigenvalue weighted by atomic mass is 16.6. The van der Waals surface area contributed by atoms with Crippen molar-refractivity contribution >= 4 is 17.8 Å². The lowest BCUT2D eigenvalue weighted by molar-refractivity contribution is -0.163. The van der Waals surface area contributed by atoms with Crippen molar-refractivity contribution in [3.63, 3.8) is 0 Å². The number of aliphatic hydroxyl groups excluding tert-OH is 1. The fourth-order valence-corrected chi connectivity index (χ4v) is 7.24. The molecule has 37 heavy (non-hydrogen) atoms. The number of cyclic esters (lactones) is 1. The van der Waals surface area contributed by atoms with Gasteiger partial charge in [0.05, 0.1) is 30.8 Å². The number of hydrogen-bond donors (Lipinski definition) is 1. The van der Waals surface area contributed by atoms with Crippen molar-refractivity contribution in [1.82, 2.24) is 9.80 Å². The van der Waals surface area contributed by atoms with Gasteiger partial charge in [0.15, 0.2) is 0 Å². The Morgan fingerprint density at radius 3 is 2.41 bits per heavy atom. The Hall–Kier alpha value is -2.19. The molecule has 0 radical (unpaired) electrons. The van der Waals surface area contributed by atoms with E-state index in [1.165, 1.54) is 4.90 Å². The van der Waals surface area contributed by atoms with Gasteiger partial charge in [-0.1, -0.05) is 45.1 Å². The monoisotopic (exact) mass is 516 g/mol. The van der Waals surface area contributed by atoms with Crippen LogP contribution in [0.2, 0.25) is 0 Å². The van der Waals surface area contributed by atoms with Crippen molar-refractivity contribution in [2.75, 3.05) is 19.8 Å². The molecule has 0 aliphatic carbocycles. The molecule has 2 fully saturated rings. The maximum atomic E-state index is 14.5. The molecule has 0 aromatic carbocycles. The molecule has 1 unspecified atom stereocenters. The van der Waals surface area contributed by atoms with Crippen LogP contribution in [0.15, 0.2) is 24.3 Å². The maximum absolute atomic E-state index is 14.5. The Labute approximate surface area is 221 Å². The minimum Gasteiger partial charge on any atom is -0.465 e. The minimum absolute atomic E-state index is 0.0298. The molecule has 4 rings (SSSR count). The fourth-order valence-electron chi connectivity index (χ4n) is 7.24. The number of amides is 2. The number of fused-ring (bicyclic) bond motifs is 2. The molecule has 2 amide bonds. The largest absolute Gasteiger partial charge is 0.465 e. The fraction of sp³-hybridized carbons (Fsp3) is 0.759. The van der Waals surface area contributed by atoms with Crippen LogP contribution < -0.4 is 0 Å². The van der Waals surface area contributed by atoms with Crippen LogP contribution in [0.25, 0.3) is 0 Å². The number of rotatable bonds is 4. The van der Waals surface area contributed by atoms with Crippen molar-refractivity contribution in [2.24, 2.45) is 17.3 Å². The highest BCUT2D eigenvalue weighted by Gasteiger charge is 2.75. The van der Waals surface area contributed by atoms with E-state index in [1.807, 2.05) is 50.0 Å². The molecule has 0 aromatic rings. The summed E-state index contributed by atoms with van der Waals surface area (Å²) in [6, 6.07) is -1.62. The predicted octanol–water partition coefficient (Wildman–Crippen LogP) is 3.23. The number of ether oxygens (including phenoxy) is 2. The molecule has 1 spiro atoms. The van der Waals surface area contributed by atoms with Crippen LogP contribution in [-0.4, -0.2) is 81.3 Å². The molecule has 6 atom stereocenters. The van der Waals surface area contributed by atoms with Crippen LogP contribution >= 0.6 is 0 Å². The molecule has 2 saturated heterocycles. The van der Waals surface area contributed by atoms with E-state index in [9.17, 15) is 19.5 Å². The van der Waals surface area contributed by atoms with Crippen LogP contribution in [0.4, 0.5) is 0 Å². The molecule has 206 valence electrons. The van der Waals surface area contributed by atoms with E-state index < -0.39 is 46.6 Å². The summed E-state index contributed by atoms with van der Waals surface area (Å²) in [5.74, 6) is -2.88. The second kappa shape index (κ2) is 9.53. The molecule has 8 heteroatoms. The number of allylic oxidation sites excluding steroid dienone is 1. The first-order valence-electron chi connectivity index (χ1n) is 13.7. The summed E-state index contributed by atoms with van der Waals surface area (Å²) in [6.07, 6.45) is 10.8. The Balaban J connectivity index is 1.86. The van der Waals surface area contributed by atoms with Crippen molar-refractivity contribution in [2.45, 2.75) is 103 Å². The van der Waals surface area contributed by atoms with E-state index >= 15 is 0 Å². The molecule has 0 bridgehead atoms. The van der Waals surface area contributed by atoms with E-state index in [4.69, 9.17) is 9.47 Å². The number of aliphatic hydroxyl groups is 1. The first-order valence-corrected chi connectivity index (χ1v) is 13.7. The van der Waals surface area contributed by atoms with Crippen molar-refractivity contribution < 1.29 is 29.0 Å². The molecule has 1 N–H and O–H groups in total. The van der Waals surface area contributed by atoms with Gasteiger partial charge in [0, 0.05) is 12.1 Å². The summed E-state index contributed by atoms with van der Waals surface area (Å²) >= 11 is 0. The van der Waals surface area contributed by atoms with Crippen molar-refractivity contribution in [3.8, 4) is 0 Å². The van der Waals surface area contributed by atoms with Gasteiger partial charge in [0.1, 0.15) is 17.6 Å². The highest BCUT2D eigenvalue weighted by Crippen LogP contribution is 2.57. The Morgan fingerprint density at radius 1 is 1.05 bits per heavy atom. The molecule has 0 saturated carbocycles. The van der Waals surface area contributed by atoms with E-state index in [0.717, 1.165) is 25.7 Å². The summed E-state index contributed by atoms with van der Waals surface area (Å²) in [5.41, 5.74) is -2.99. The zero-order chi connectivity index (χ0) is 27.4. The maximum Gasteiger partial charge on any atom is 0.313 e. The van der Waals surface area contributed by atoms with Gasteiger partial charge in [-0.15, -0.1) is 0 Å². The molecule has 0 aromatic heterocycles. The second-order valence-corrected chi connectivity index (χ2v) is 13.2. The first kappa shape index (κ1) is 27.8. The van der Waals surface area contributed by atoms with Crippen LogP contribution in [0.1, 0.15) is 74.1 Å². The Morgan fingerprint density at radius 2 is 1.76 bits per heavy atom. The molecule has 4 aliphatic rings. The quantitative estimate of drug-likeness (QED) is 0.455. The second-order valence-electron chi connectivity index (χ2n) is 13.2. The van der Waals surface area contributed by atoms with Gasteiger partial charge >= 0.3 is 5.97 Å². The number of nitrogens with zero attached hydrogens (tertiary/aromatic N) is 2. The molecule has 4 heterocycles. The van der Waals surface area contributed by atoms with Crippen LogP contribution in [0, 0.1) is 17.3 Å². The third kappa shape index (κ3) is 4.65. The number of esters is 1. The molecular weight excluding hydrogens is 472 g/mol. The SMILES string of the molecule is C[C@H](CO)N1C(=O)[C@@H]2[C@H]3C(=O)OCCCC/C=C\[C@@]3(C)O[C@@]23C=CCN(C(C)(C)CC(C)(C)C)C(=O)C13. The topological polar surface area (TPSA) is 96.4 Å². The summed E-state index contributed by atoms with van der Waals surface area (Å²) in [5, 5.41) is 10.1. The Bertz CT molecular complexity index is 997. The zero-order valence-corrected chi connectivity index (χ0v) is 23.5. The average molecular weight is 517 g/mol. The van der Waals surface area contributed by atoms with Crippen molar-refractivity contribution in [1.29, 1.82) is 0 Å². The van der Waals surface area contributed by atoms with Crippen LogP contribution in [0.5, 0.6) is 0 Å². The molecule has 4 aliphatic heterocycles. The lowest BCUT2D eigenvalue weighted by Gasteiger charge is -2.45. The van der Waals surface area contributed by atoms with Crippen molar-refractivity contribution in [3.05, 3.63) is 24.3 Å². The predicted molar refractivity (Wildman–Crippen MR) is 139 cm³/mol. The first-order chi connectivity index (χ1) is 17.2. The van der Waals surface area contributed by atoms with Gasteiger partial charge in [-0.25, -0.2) is 0 Å². The zero-order valence-electron chi connectivity index (χ0n) is 23.5. The van der Waals surface area contributed by atoms with E-state index in [2.05, 4.69) is 20.8 Å². The number of likely N-dealkylation sites (tertiary alicyclic amines) is 1. The lowest BCUT2D eigenvalue weighted by atomic mass is 9.74. The third-order valence-electron chi connectivity index (χ3n) is 8.37. The lowest BCUT2D eigenvalue weighted by Crippen LogP contribution is -2.61. The highest BCUT2D eigenvalue weighted by molar-refractivity contribution is 5.99. The van der Waals surface area contributed by atoms with Gasteiger partial charge in [-0.05, 0) is 58.8 Å². The summed E-state index contributed by atoms with van der Waals surface area (Å²) in [4.78, 5) is 45.5. The van der Waals surface area contributed by atoms with Crippen LogP contribution in [0.3, 0.4) is 0 Å². The summed E-state index contributed by atoms with van der Waals surface area (Å²) < 4.78 is 12.5. The summed E-state index contributed by atoms with van der Waals surface area (Å²) in [7, 11) is 0.